The number of carbonyl (C=O) groups is 2. The Morgan fingerprint density at radius 2 is 1.70 bits per heavy atom. The third-order valence-corrected chi connectivity index (χ3v) is 6.00. The molecule has 1 atom stereocenters. The highest BCUT2D eigenvalue weighted by molar-refractivity contribution is 5.81. The maximum atomic E-state index is 13.7. The van der Waals surface area contributed by atoms with Gasteiger partial charge in [0.2, 0.25) is 29.5 Å². The highest BCUT2D eigenvalue weighted by Crippen LogP contribution is 2.19. The molecule has 3 rings (SSSR count). The predicted molar refractivity (Wildman–Crippen MR) is 137 cm³/mol. The van der Waals surface area contributed by atoms with Crippen molar-refractivity contribution in [2.24, 2.45) is 17.6 Å². The number of nitriles is 1. The SMILES string of the molecule is CC(C)CN(CC(=O)N1CCOCC1N(CC(N)=O)CC(C)C)c1nc(C#N)nc(N2CCOCC2)n1. The lowest BCUT2D eigenvalue weighted by Gasteiger charge is -2.43. The van der Waals surface area contributed by atoms with E-state index < -0.39 is 12.1 Å². The van der Waals surface area contributed by atoms with E-state index in [0.29, 0.717) is 65.1 Å². The Morgan fingerprint density at radius 3 is 2.32 bits per heavy atom. The summed E-state index contributed by atoms with van der Waals surface area (Å²) in [6.07, 6.45) is -0.408. The Labute approximate surface area is 218 Å². The minimum atomic E-state index is -0.454. The summed E-state index contributed by atoms with van der Waals surface area (Å²) in [6.45, 7) is 12.7. The largest absolute Gasteiger partial charge is 0.378 e. The van der Waals surface area contributed by atoms with E-state index in [4.69, 9.17) is 15.2 Å². The number of nitrogens with two attached hydrogens (primary N) is 1. The molecule has 2 aliphatic heterocycles. The van der Waals surface area contributed by atoms with Crippen molar-refractivity contribution in [1.29, 1.82) is 5.26 Å². The summed E-state index contributed by atoms with van der Waals surface area (Å²) in [7, 11) is 0. The molecule has 2 aliphatic rings. The van der Waals surface area contributed by atoms with Crippen LogP contribution in [0.15, 0.2) is 0 Å². The van der Waals surface area contributed by atoms with Gasteiger partial charge in [-0.2, -0.15) is 20.2 Å². The number of aromatic nitrogens is 3. The van der Waals surface area contributed by atoms with Crippen LogP contribution < -0.4 is 15.5 Å². The lowest BCUT2D eigenvalue weighted by atomic mass is 10.1. The van der Waals surface area contributed by atoms with Gasteiger partial charge < -0.3 is 29.9 Å². The van der Waals surface area contributed by atoms with Gasteiger partial charge in [-0.25, -0.2) is 0 Å². The number of morpholine rings is 2. The molecule has 0 aliphatic carbocycles. The number of hydrogen-bond donors (Lipinski definition) is 1. The zero-order valence-corrected chi connectivity index (χ0v) is 22.3. The zero-order chi connectivity index (χ0) is 26.9. The molecule has 1 aromatic heterocycles. The Kier molecular flexibility index (Phi) is 10.4. The second kappa shape index (κ2) is 13.5. The number of amides is 2. The summed E-state index contributed by atoms with van der Waals surface area (Å²) in [5.41, 5.74) is 5.52. The van der Waals surface area contributed by atoms with E-state index in [9.17, 15) is 14.9 Å². The van der Waals surface area contributed by atoms with Crippen LogP contribution in [-0.4, -0.2) is 115 Å². The van der Waals surface area contributed by atoms with E-state index in [-0.39, 0.29) is 42.6 Å². The van der Waals surface area contributed by atoms with Crippen molar-refractivity contribution in [3.63, 3.8) is 0 Å². The molecule has 13 heteroatoms. The molecule has 0 saturated carbocycles. The summed E-state index contributed by atoms with van der Waals surface area (Å²) < 4.78 is 11.1. The fraction of sp³-hybridized carbons (Fsp3) is 0.750. The average Bonchev–Trinajstić information content (AvgIpc) is 2.87. The monoisotopic (exact) mass is 517 g/mol. The average molecular weight is 518 g/mol. The first-order valence-corrected chi connectivity index (χ1v) is 12.8. The maximum absolute atomic E-state index is 13.7. The van der Waals surface area contributed by atoms with Crippen molar-refractivity contribution in [2.45, 2.75) is 33.9 Å². The normalized spacial score (nSPS) is 18.4. The quantitative estimate of drug-likeness (QED) is 0.410. The zero-order valence-electron chi connectivity index (χ0n) is 22.3. The number of carbonyl (C=O) groups excluding carboxylic acids is 2. The molecule has 13 nitrogen and oxygen atoms in total. The Morgan fingerprint density at radius 1 is 1.03 bits per heavy atom. The highest BCUT2D eigenvalue weighted by atomic mass is 16.5. The predicted octanol–water partition coefficient (Wildman–Crippen LogP) is -0.330. The Balaban J connectivity index is 1.87. The first kappa shape index (κ1) is 28.5. The summed E-state index contributed by atoms with van der Waals surface area (Å²) in [6, 6.07) is 2.02. The molecule has 2 amide bonds. The standard InChI is InChI=1S/C24H39N9O4/c1-17(2)12-31(14-19(26)34)21-16-37-10-7-33(21)22(35)15-32(13-18(3)4)24-28-20(11-25)27-23(29-24)30-5-8-36-9-6-30/h17-18,21H,5-10,12-16H2,1-4H3,(H2,26,34). The van der Waals surface area contributed by atoms with Gasteiger partial charge in [0.05, 0.1) is 39.5 Å². The van der Waals surface area contributed by atoms with E-state index in [1.54, 1.807) is 9.80 Å². The molecular weight excluding hydrogens is 478 g/mol. The van der Waals surface area contributed by atoms with Gasteiger partial charge >= 0.3 is 0 Å². The van der Waals surface area contributed by atoms with Crippen LogP contribution in [0.25, 0.3) is 0 Å². The highest BCUT2D eigenvalue weighted by Gasteiger charge is 2.34. The smallest absolute Gasteiger partial charge is 0.243 e. The first-order valence-electron chi connectivity index (χ1n) is 12.8. The van der Waals surface area contributed by atoms with E-state index >= 15 is 0 Å². The molecule has 0 spiro atoms. The van der Waals surface area contributed by atoms with Crippen molar-refractivity contribution in [2.75, 3.05) is 82.0 Å². The molecule has 1 unspecified atom stereocenters. The van der Waals surface area contributed by atoms with Gasteiger partial charge in [0.15, 0.2) is 0 Å². The number of rotatable bonds is 11. The molecular formula is C24H39N9O4. The maximum Gasteiger partial charge on any atom is 0.243 e. The van der Waals surface area contributed by atoms with Crippen LogP contribution >= 0.6 is 0 Å². The van der Waals surface area contributed by atoms with Crippen LogP contribution in [0.2, 0.25) is 0 Å². The first-order chi connectivity index (χ1) is 17.7. The van der Waals surface area contributed by atoms with Crippen molar-refractivity contribution in [3.05, 3.63) is 5.82 Å². The summed E-state index contributed by atoms with van der Waals surface area (Å²) in [5, 5.41) is 9.58. The molecule has 204 valence electrons. The number of primary amides is 1. The molecule has 0 radical (unpaired) electrons. The molecule has 0 bridgehead atoms. The van der Waals surface area contributed by atoms with Crippen molar-refractivity contribution < 1.29 is 19.1 Å². The van der Waals surface area contributed by atoms with Gasteiger partial charge in [-0.3, -0.25) is 14.5 Å². The van der Waals surface area contributed by atoms with Crippen LogP contribution in [0, 0.1) is 23.2 Å². The third-order valence-electron chi connectivity index (χ3n) is 6.00. The number of hydrogen-bond acceptors (Lipinski definition) is 11. The summed E-state index contributed by atoms with van der Waals surface area (Å²) >= 11 is 0. The van der Waals surface area contributed by atoms with E-state index in [1.807, 2.05) is 43.6 Å². The van der Waals surface area contributed by atoms with Gasteiger partial charge in [0, 0.05) is 32.7 Å². The van der Waals surface area contributed by atoms with Gasteiger partial charge in [0.25, 0.3) is 0 Å². The molecule has 1 aromatic rings. The second-order valence-electron chi connectivity index (χ2n) is 10.2. The fourth-order valence-electron chi connectivity index (χ4n) is 4.51. The number of ether oxygens (including phenoxy) is 2. The van der Waals surface area contributed by atoms with Crippen molar-refractivity contribution >= 4 is 23.7 Å². The van der Waals surface area contributed by atoms with Crippen molar-refractivity contribution in [3.8, 4) is 6.07 Å². The van der Waals surface area contributed by atoms with E-state index in [1.165, 1.54) is 0 Å². The van der Waals surface area contributed by atoms with Gasteiger partial charge in [-0.15, -0.1) is 0 Å². The van der Waals surface area contributed by atoms with Crippen LogP contribution in [0.5, 0.6) is 0 Å². The second-order valence-corrected chi connectivity index (χ2v) is 10.2. The lowest BCUT2D eigenvalue weighted by molar-refractivity contribution is -0.150. The molecule has 0 aromatic carbocycles. The van der Waals surface area contributed by atoms with Gasteiger partial charge in [-0.1, -0.05) is 27.7 Å². The molecule has 2 N–H and O–H groups in total. The minimum absolute atomic E-state index is 0.00140. The Bertz CT molecular complexity index is 962. The number of anilines is 2. The van der Waals surface area contributed by atoms with E-state index in [2.05, 4.69) is 15.0 Å². The summed E-state index contributed by atoms with van der Waals surface area (Å²) in [5.74, 6) is 0.569. The summed E-state index contributed by atoms with van der Waals surface area (Å²) in [4.78, 5) is 46.2. The van der Waals surface area contributed by atoms with Crippen LogP contribution in [0.3, 0.4) is 0 Å². The Hall–Kier alpha value is -3.08. The fourth-order valence-corrected chi connectivity index (χ4v) is 4.51. The van der Waals surface area contributed by atoms with Crippen LogP contribution in [0.1, 0.15) is 33.5 Å². The minimum Gasteiger partial charge on any atom is -0.378 e. The van der Waals surface area contributed by atoms with Crippen LogP contribution in [0.4, 0.5) is 11.9 Å². The third kappa shape index (κ3) is 8.21. The number of nitrogens with zero attached hydrogens (tertiary/aromatic N) is 8. The van der Waals surface area contributed by atoms with Crippen molar-refractivity contribution in [1.82, 2.24) is 24.8 Å². The van der Waals surface area contributed by atoms with E-state index in [0.717, 1.165) is 0 Å². The van der Waals surface area contributed by atoms with Crippen LogP contribution in [-0.2, 0) is 19.1 Å². The topological polar surface area (TPSA) is 154 Å². The molecule has 3 heterocycles. The molecule has 37 heavy (non-hydrogen) atoms. The molecule has 2 fully saturated rings. The lowest BCUT2D eigenvalue weighted by Crippen LogP contribution is -2.60. The molecule has 2 saturated heterocycles. The van der Waals surface area contributed by atoms with Gasteiger partial charge in [-0.05, 0) is 11.8 Å². The van der Waals surface area contributed by atoms with Gasteiger partial charge in [0.1, 0.15) is 12.2 Å².